The minimum Gasteiger partial charge on any atom is -0.465 e. The van der Waals surface area contributed by atoms with Crippen LogP contribution >= 0.6 is 0 Å². The zero-order valence-corrected chi connectivity index (χ0v) is 16.9. The molecule has 6 nitrogen and oxygen atoms in total. The van der Waals surface area contributed by atoms with Crippen LogP contribution in [0.25, 0.3) is 0 Å². The van der Waals surface area contributed by atoms with Gasteiger partial charge in [-0.15, -0.1) is 0 Å². The molecular formula is C23H25FN2O4. The summed E-state index contributed by atoms with van der Waals surface area (Å²) in [5, 5.41) is 0. The number of fused-ring (bicyclic) bond motifs is 3. The van der Waals surface area contributed by atoms with Crippen molar-refractivity contribution in [3.8, 4) is 0 Å². The number of hydrogen-bond acceptors (Lipinski definition) is 5. The van der Waals surface area contributed by atoms with Gasteiger partial charge < -0.3 is 9.47 Å². The van der Waals surface area contributed by atoms with E-state index in [1.165, 1.54) is 24.1 Å². The second-order valence-electron chi connectivity index (χ2n) is 7.81. The molecule has 2 aromatic rings. The molecule has 0 saturated carbocycles. The van der Waals surface area contributed by atoms with E-state index in [2.05, 4.69) is 4.90 Å². The Morgan fingerprint density at radius 3 is 2.30 bits per heavy atom. The molecule has 0 aromatic heterocycles. The van der Waals surface area contributed by atoms with E-state index in [4.69, 9.17) is 9.47 Å². The highest BCUT2D eigenvalue weighted by Crippen LogP contribution is 2.30. The van der Waals surface area contributed by atoms with E-state index < -0.39 is 12.1 Å². The largest absolute Gasteiger partial charge is 0.465 e. The van der Waals surface area contributed by atoms with Crippen molar-refractivity contribution in [2.75, 3.05) is 31.6 Å². The lowest BCUT2D eigenvalue weighted by Crippen LogP contribution is -2.53. The Morgan fingerprint density at radius 2 is 1.73 bits per heavy atom. The van der Waals surface area contributed by atoms with Crippen molar-refractivity contribution in [2.45, 2.75) is 25.5 Å². The fourth-order valence-electron chi connectivity index (χ4n) is 4.17. The average Bonchev–Trinajstić information content (AvgIpc) is 2.79. The monoisotopic (exact) mass is 412 g/mol. The maximum Gasteiger partial charge on any atom is 0.414 e. The molecule has 3 heterocycles. The van der Waals surface area contributed by atoms with Crippen LogP contribution in [0.4, 0.5) is 14.9 Å². The molecule has 0 N–H and O–H groups in total. The quantitative estimate of drug-likeness (QED) is 0.699. The first kappa shape index (κ1) is 20.3. The second-order valence-corrected chi connectivity index (χ2v) is 7.81. The lowest BCUT2D eigenvalue weighted by molar-refractivity contribution is -0.0311. The lowest BCUT2D eigenvalue weighted by atomic mass is 9.86. The van der Waals surface area contributed by atoms with Gasteiger partial charge in [-0.25, -0.2) is 14.0 Å². The Kier molecular flexibility index (Phi) is 5.99. The number of ether oxygens (including phenoxy) is 2. The summed E-state index contributed by atoms with van der Waals surface area (Å²) in [6.45, 7) is 3.13. The summed E-state index contributed by atoms with van der Waals surface area (Å²) in [5.74, 6) is -0.390. The van der Waals surface area contributed by atoms with Crippen molar-refractivity contribution >= 4 is 17.7 Å². The number of methoxy groups -OCH3 is 1. The zero-order chi connectivity index (χ0) is 21.1. The van der Waals surface area contributed by atoms with Crippen molar-refractivity contribution in [3.63, 3.8) is 0 Å². The Bertz CT molecular complexity index is 892. The fraction of sp³-hybridized carbons (Fsp3) is 0.391. The molecule has 158 valence electrons. The van der Waals surface area contributed by atoms with Crippen molar-refractivity contribution < 1.29 is 23.5 Å². The molecule has 3 aliphatic heterocycles. The molecular weight excluding hydrogens is 387 g/mol. The maximum atomic E-state index is 13.4. The average molecular weight is 412 g/mol. The Morgan fingerprint density at radius 1 is 1.07 bits per heavy atom. The molecule has 2 aromatic carbocycles. The predicted molar refractivity (Wildman–Crippen MR) is 110 cm³/mol. The fourth-order valence-corrected chi connectivity index (χ4v) is 4.17. The molecule has 3 fully saturated rings. The van der Waals surface area contributed by atoms with Gasteiger partial charge in [0.15, 0.2) is 0 Å². The molecule has 1 atom stereocenters. The van der Waals surface area contributed by atoms with Crippen LogP contribution in [0.3, 0.4) is 0 Å². The van der Waals surface area contributed by atoms with Crippen LogP contribution in [0.5, 0.6) is 0 Å². The van der Waals surface area contributed by atoms with Crippen LogP contribution in [-0.4, -0.2) is 49.8 Å². The van der Waals surface area contributed by atoms with E-state index in [1.807, 2.05) is 0 Å². The summed E-state index contributed by atoms with van der Waals surface area (Å²) in [5.41, 5.74) is 1.81. The normalized spacial score (nSPS) is 22.4. The van der Waals surface area contributed by atoms with Crippen molar-refractivity contribution in [1.29, 1.82) is 0 Å². The Balaban J connectivity index is 1.52. The number of carbonyl (C=O) groups is 2. The molecule has 30 heavy (non-hydrogen) atoms. The van der Waals surface area contributed by atoms with E-state index in [1.54, 1.807) is 36.4 Å². The first-order valence-corrected chi connectivity index (χ1v) is 10.2. The van der Waals surface area contributed by atoms with Crippen molar-refractivity contribution in [3.05, 3.63) is 65.5 Å². The number of benzene rings is 2. The van der Waals surface area contributed by atoms with Crippen molar-refractivity contribution in [2.24, 2.45) is 5.92 Å². The van der Waals surface area contributed by atoms with E-state index in [-0.39, 0.29) is 18.5 Å². The van der Waals surface area contributed by atoms with E-state index in [9.17, 15) is 14.0 Å². The maximum absolute atomic E-state index is 13.4. The summed E-state index contributed by atoms with van der Waals surface area (Å²) in [6.07, 6.45) is 1.52. The van der Waals surface area contributed by atoms with Crippen molar-refractivity contribution in [1.82, 2.24) is 4.90 Å². The molecule has 7 heteroatoms. The van der Waals surface area contributed by atoms with Gasteiger partial charge in [-0.05, 0) is 73.8 Å². The third-order valence-corrected chi connectivity index (χ3v) is 5.92. The van der Waals surface area contributed by atoms with Gasteiger partial charge in [-0.3, -0.25) is 9.80 Å². The van der Waals surface area contributed by atoms with Crippen LogP contribution in [0.2, 0.25) is 0 Å². The standard InChI is InChI=1S/C23H25FN2O4/c1-29-22(27)18-4-2-16(3-5-18)14-26(20-8-6-19(24)7-9-20)23(28)30-21-15-25-12-10-17(21)11-13-25/h2-9,17,21H,10-15H2,1H3. The number of esters is 1. The first-order valence-electron chi connectivity index (χ1n) is 10.2. The van der Waals surface area contributed by atoms with Gasteiger partial charge in [0.2, 0.25) is 0 Å². The summed E-state index contributed by atoms with van der Waals surface area (Å²) in [7, 11) is 1.33. The molecule has 0 aliphatic carbocycles. The molecule has 2 bridgehead atoms. The molecule has 1 amide bonds. The third-order valence-electron chi connectivity index (χ3n) is 5.92. The molecule has 3 aliphatic rings. The van der Waals surface area contributed by atoms with E-state index in [0.29, 0.717) is 17.2 Å². The van der Waals surface area contributed by atoms with Crippen LogP contribution < -0.4 is 4.90 Å². The van der Waals surface area contributed by atoms with Crippen LogP contribution in [0, 0.1) is 11.7 Å². The highest BCUT2D eigenvalue weighted by molar-refractivity contribution is 5.89. The highest BCUT2D eigenvalue weighted by atomic mass is 19.1. The zero-order valence-electron chi connectivity index (χ0n) is 16.9. The van der Waals surface area contributed by atoms with Crippen LogP contribution in [0.15, 0.2) is 48.5 Å². The molecule has 5 rings (SSSR count). The number of rotatable bonds is 5. The summed E-state index contributed by atoms with van der Waals surface area (Å²) < 4.78 is 24.0. The minimum atomic E-state index is -0.447. The topological polar surface area (TPSA) is 59.1 Å². The van der Waals surface area contributed by atoms with Gasteiger partial charge in [-0.1, -0.05) is 12.1 Å². The number of amides is 1. The Labute approximate surface area is 175 Å². The van der Waals surface area contributed by atoms with Gasteiger partial charge >= 0.3 is 12.1 Å². The summed E-state index contributed by atoms with van der Waals surface area (Å²) >= 11 is 0. The van der Waals surface area contributed by atoms with E-state index in [0.717, 1.165) is 38.0 Å². The van der Waals surface area contributed by atoms with Gasteiger partial charge in [0.05, 0.1) is 19.2 Å². The third kappa shape index (κ3) is 4.46. The number of piperidine rings is 3. The van der Waals surface area contributed by atoms with Gasteiger partial charge in [0, 0.05) is 12.2 Å². The number of carbonyl (C=O) groups excluding carboxylic acids is 2. The number of halogens is 1. The van der Waals surface area contributed by atoms with Crippen LogP contribution in [-0.2, 0) is 16.0 Å². The number of hydrogen-bond donors (Lipinski definition) is 0. The molecule has 1 unspecified atom stereocenters. The summed E-state index contributed by atoms with van der Waals surface area (Å²) in [4.78, 5) is 28.6. The van der Waals surface area contributed by atoms with Gasteiger partial charge in [0.1, 0.15) is 11.9 Å². The lowest BCUT2D eigenvalue weighted by Gasteiger charge is -2.44. The smallest absolute Gasteiger partial charge is 0.414 e. The predicted octanol–water partition coefficient (Wildman–Crippen LogP) is 3.85. The summed E-state index contributed by atoms with van der Waals surface area (Å²) in [6, 6.07) is 12.6. The van der Waals surface area contributed by atoms with E-state index >= 15 is 0 Å². The van der Waals surface area contributed by atoms with Gasteiger partial charge in [0.25, 0.3) is 0 Å². The highest BCUT2D eigenvalue weighted by Gasteiger charge is 2.37. The number of nitrogens with zero attached hydrogens (tertiary/aromatic N) is 2. The minimum absolute atomic E-state index is 0.121. The number of anilines is 1. The molecule has 0 spiro atoms. The molecule has 3 saturated heterocycles. The molecule has 0 radical (unpaired) electrons. The van der Waals surface area contributed by atoms with Gasteiger partial charge in [-0.2, -0.15) is 0 Å². The van der Waals surface area contributed by atoms with Crippen LogP contribution in [0.1, 0.15) is 28.8 Å². The Hall–Kier alpha value is -2.93. The SMILES string of the molecule is COC(=O)c1ccc(CN(C(=O)OC2CN3CCC2CC3)c2ccc(F)cc2)cc1. The second kappa shape index (κ2) is 8.83. The first-order chi connectivity index (χ1) is 14.5.